The number of anilines is 1. The van der Waals surface area contributed by atoms with Gasteiger partial charge in [-0.3, -0.25) is 0 Å². The molecule has 1 N–H and O–H groups in total. The number of hydrogen-bond donors (Lipinski definition) is 1. The third-order valence-corrected chi connectivity index (χ3v) is 3.64. The number of nitrogens with zero attached hydrogens (tertiary/aromatic N) is 1. The third-order valence-electron chi connectivity index (χ3n) is 3.64. The van der Waals surface area contributed by atoms with Gasteiger partial charge in [0, 0.05) is 17.8 Å². The summed E-state index contributed by atoms with van der Waals surface area (Å²) in [7, 11) is 0. The van der Waals surface area contributed by atoms with Crippen LogP contribution >= 0.6 is 0 Å². The first-order chi connectivity index (χ1) is 8.63. The minimum Gasteiger partial charge on any atom is -0.389 e. The predicted octanol–water partition coefficient (Wildman–Crippen LogP) is 2.74. The van der Waals surface area contributed by atoms with Gasteiger partial charge < -0.3 is 14.7 Å². The Hall–Kier alpha value is -1.06. The molecule has 3 atom stereocenters. The lowest BCUT2D eigenvalue weighted by Gasteiger charge is -2.41. The molecule has 18 heavy (non-hydrogen) atoms. The lowest BCUT2D eigenvalue weighted by Crippen LogP contribution is -2.49. The van der Waals surface area contributed by atoms with Crippen LogP contribution in [0.4, 0.5) is 5.69 Å². The summed E-state index contributed by atoms with van der Waals surface area (Å²) in [4.78, 5) is 2.39. The number of morpholine rings is 1. The molecule has 2 rings (SSSR count). The van der Waals surface area contributed by atoms with E-state index >= 15 is 0 Å². The SMILES string of the molecule is CCC1COC(C)CN1c1ccccc1C(C)O. The minimum atomic E-state index is -0.433. The Morgan fingerprint density at radius 3 is 2.83 bits per heavy atom. The van der Waals surface area contributed by atoms with Crippen LogP contribution in [0.2, 0.25) is 0 Å². The maximum Gasteiger partial charge on any atom is 0.0781 e. The molecule has 1 fully saturated rings. The molecule has 1 aliphatic rings. The van der Waals surface area contributed by atoms with E-state index in [9.17, 15) is 5.11 Å². The lowest BCUT2D eigenvalue weighted by molar-refractivity contribution is 0.0297. The summed E-state index contributed by atoms with van der Waals surface area (Å²) < 4.78 is 5.73. The monoisotopic (exact) mass is 249 g/mol. The Balaban J connectivity index is 2.33. The highest BCUT2D eigenvalue weighted by atomic mass is 16.5. The fourth-order valence-electron chi connectivity index (χ4n) is 2.58. The molecular weight excluding hydrogens is 226 g/mol. The molecule has 1 aliphatic heterocycles. The maximum absolute atomic E-state index is 9.90. The summed E-state index contributed by atoms with van der Waals surface area (Å²) in [6.07, 6.45) is 0.868. The molecule has 3 heteroatoms. The van der Waals surface area contributed by atoms with E-state index in [0.29, 0.717) is 6.04 Å². The van der Waals surface area contributed by atoms with Crippen molar-refractivity contribution >= 4 is 5.69 Å². The quantitative estimate of drug-likeness (QED) is 0.894. The zero-order chi connectivity index (χ0) is 13.1. The van der Waals surface area contributed by atoms with Crippen LogP contribution in [0.25, 0.3) is 0 Å². The van der Waals surface area contributed by atoms with Crippen LogP contribution in [0.15, 0.2) is 24.3 Å². The number of benzene rings is 1. The zero-order valence-electron chi connectivity index (χ0n) is 11.5. The van der Waals surface area contributed by atoms with Crippen molar-refractivity contribution in [2.24, 2.45) is 0 Å². The van der Waals surface area contributed by atoms with E-state index in [-0.39, 0.29) is 6.10 Å². The average molecular weight is 249 g/mol. The van der Waals surface area contributed by atoms with Crippen LogP contribution in [0.3, 0.4) is 0 Å². The summed E-state index contributed by atoms with van der Waals surface area (Å²) in [5, 5.41) is 9.90. The second-order valence-electron chi connectivity index (χ2n) is 5.09. The van der Waals surface area contributed by atoms with Crippen molar-refractivity contribution in [2.45, 2.75) is 45.4 Å². The van der Waals surface area contributed by atoms with Gasteiger partial charge in [-0.05, 0) is 26.3 Å². The fourth-order valence-corrected chi connectivity index (χ4v) is 2.58. The number of hydrogen-bond acceptors (Lipinski definition) is 3. The second-order valence-corrected chi connectivity index (χ2v) is 5.09. The molecule has 0 amide bonds. The van der Waals surface area contributed by atoms with Gasteiger partial charge in [0.05, 0.1) is 24.9 Å². The van der Waals surface area contributed by atoms with Gasteiger partial charge in [0.2, 0.25) is 0 Å². The normalized spacial score (nSPS) is 26.1. The highest BCUT2D eigenvalue weighted by Crippen LogP contribution is 2.30. The molecule has 1 aromatic rings. The highest BCUT2D eigenvalue weighted by molar-refractivity contribution is 5.55. The van der Waals surface area contributed by atoms with Crippen molar-refractivity contribution in [3.8, 4) is 0 Å². The van der Waals surface area contributed by atoms with Crippen LogP contribution < -0.4 is 4.90 Å². The molecule has 0 saturated carbocycles. The summed E-state index contributed by atoms with van der Waals surface area (Å²) >= 11 is 0. The van der Waals surface area contributed by atoms with Crippen LogP contribution in [-0.4, -0.2) is 30.4 Å². The topological polar surface area (TPSA) is 32.7 Å². The van der Waals surface area contributed by atoms with Gasteiger partial charge in [-0.15, -0.1) is 0 Å². The molecule has 0 bridgehead atoms. The lowest BCUT2D eigenvalue weighted by atomic mass is 10.0. The predicted molar refractivity (Wildman–Crippen MR) is 73.9 cm³/mol. The van der Waals surface area contributed by atoms with E-state index in [1.165, 1.54) is 0 Å². The number of rotatable bonds is 3. The number of aliphatic hydroxyl groups is 1. The molecule has 1 heterocycles. The van der Waals surface area contributed by atoms with Crippen LogP contribution in [0, 0.1) is 0 Å². The van der Waals surface area contributed by atoms with Crippen LogP contribution in [0.5, 0.6) is 0 Å². The maximum atomic E-state index is 9.90. The molecule has 3 nitrogen and oxygen atoms in total. The number of para-hydroxylation sites is 1. The summed E-state index contributed by atoms with van der Waals surface area (Å²) in [5.74, 6) is 0. The minimum absolute atomic E-state index is 0.245. The van der Waals surface area contributed by atoms with Crippen molar-refractivity contribution in [3.05, 3.63) is 29.8 Å². The van der Waals surface area contributed by atoms with E-state index in [0.717, 1.165) is 30.8 Å². The van der Waals surface area contributed by atoms with Crippen molar-refractivity contribution < 1.29 is 9.84 Å². The average Bonchev–Trinajstić information content (AvgIpc) is 2.38. The molecular formula is C15H23NO2. The summed E-state index contributed by atoms with van der Waals surface area (Å²) in [5.41, 5.74) is 2.15. The Labute approximate surface area is 109 Å². The van der Waals surface area contributed by atoms with E-state index in [2.05, 4.69) is 24.8 Å². The first-order valence-corrected chi connectivity index (χ1v) is 6.78. The molecule has 0 aliphatic carbocycles. The van der Waals surface area contributed by atoms with E-state index in [4.69, 9.17) is 4.74 Å². The van der Waals surface area contributed by atoms with Crippen molar-refractivity contribution in [1.82, 2.24) is 0 Å². The molecule has 0 radical (unpaired) electrons. The van der Waals surface area contributed by atoms with Gasteiger partial charge in [-0.25, -0.2) is 0 Å². The van der Waals surface area contributed by atoms with E-state index in [1.807, 2.05) is 25.1 Å². The molecule has 1 saturated heterocycles. The van der Waals surface area contributed by atoms with Crippen molar-refractivity contribution in [3.63, 3.8) is 0 Å². The molecule has 0 spiro atoms. The largest absolute Gasteiger partial charge is 0.389 e. The first-order valence-electron chi connectivity index (χ1n) is 6.78. The Morgan fingerprint density at radius 1 is 1.44 bits per heavy atom. The highest BCUT2D eigenvalue weighted by Gasteiger charge is 2.27. The van der Waals surface area contributed by atoms with Gasteiger partial charge in [0.15, 0.2) is 0 Å². The molecule has 3 unspecified atom stereocenters. The van der Waals surface area contributed by atoms with Gasteiger partial charge in [0.25, 0.3) is 0 Å². The molecule has 0 aromatic heterocycles. The number of aliphatic hydroxyl groups excluding tert-OH is 1. The van der Waals surface area contributed by atoms with Crippen molar-refractivity contribution in [1.29, 1.82) is 0 Å². The summed E-state index contributed by atoms with van der Waals surface area (Å²) in [6, 6.07) is 8.53. The fraction of sp³-hybridized carbons (Fsp3) is 0.600. The standard InChI is InChI=1S/C15H23NO2/c1-4-13-10-18-11(2)9-16(13)15-8-6-5-7-14(15)12(3)17/h5-8,11-13,17H,4,9-10H2,1-3H3. The van der Waals surface area contributed by atoms with Gasteiger partial charge in [0.1, 0.15) is 0 Å². The Morgan fingerprint density at radius 2 is 2.17 bits per heavy atom. The Kier molecular flexibility index (Phi) is 4.25. The summed E-state index contributed by atoms with van der Waals surface area (Å²) in [6.45, 7) is 7.77. The number of ether oxygens (including phenoxy) is 1. The van der Waals surface area contributed by atoms with Crippen LogP contribution in [-0.2, 0) is 4.74 Å². The van der Waals surface area contributed by atoms with Crippen molar-refractivity contribution in [2.75, 3.05) is 18.1 Å². The first kappa shape index (κ1) is 13.4. The van der Waals surface area contributed by atoms with Gasteiger partial charge in [-0.2, -0.15) is 0 Å². The molecule has 1 aromatic carbocycles. The smallest absolute Gasteiger partial charge is 0.0781 e. The second kappa shape index (κ2) is 5.72. The van der Waals surface area contributed by atoms with E-state index < -0.39 is 6.10 Å². The van der Waals surface area contributed by atoms with Gasteiger partial charge in [-0.1, -0.05) is 25.1 Å². The zero-order valence-corrected chi connectivity index (χ0v) is 11.5. The van der Waals surface area contributed by atoms with Crippen LogP contribution in [0.1, 0.15) is 38.9 Å². The van der Waals surface area contributed by atoms with Gasteiger partial charge >= 0.3 is 0 Å². The molecule has 100 valence electrons. The third kappa shape index (κ3) is 2.68. The van der Waals surface area contributed by atoms with E-state index in [1.54, 1.807) is 0 Å². The Bertz CT molecular complexity index is 392.